The fourth-order valence-corrected chi connectivity index (χ4v) is 3.69. The van der Waals surface area contributed by atoms with Crippen molar-refractivity contribution in [2.45, 2.75) is 13.0 Å². The van der Waals surface area contributed by atoms with Gasteiger partial charge in [-0.3, -0.25) is 4.79 Å². The third kappa shape index (κ3) is 2.04. The van der Waals surface area contributed by atoms with Gasteiger partial charge in [0.15, 0.2) is 0 Å². The number of thioether (sulfide) groups is 1. The average Bonchev–Trinajstić information content (AvgIpc) is 3.10. The minimum Gasteiger partial charge on any atom is -0.337 e. The molecular weight excluding hydrogens is 270 g/mol. The van der Waals surface area contributed by atoms with Gasteiger partial charge in [-0.1, -0.05) is 11.2 Å². The molecule has 0 bridgehead atoms. The molecule has 7 heteroatoms. The molecule has 0 radical (unpaired) electrons. The molecule has 1 fully saturated rings. The first-order chi connectivity index (χ1) is 8.75. The van der Waals surface area contributed by atoms with E-state index in [9.17, 15) is 4.79 Å². The summed E-state index contributed by atoms with van der Waals surface area (Å²) in [5, 5.41) is 5.94. The summed E-state index contributed by atoms with van der Waals surface area (Å²) in [6.45, 7) is 1.56. The zero-order valence-electron chi connectivity index (χ0n) is 9.70. The third-order valence-corrected chi connectivity index (χ3v) is 4.63. The Labute approximate surface area is 112 Å². The lowest BCUT2D eigenvalue weighted by molar-refractivity contribution is -0.129. The predicted octanol–water partition coefficient (Wildman–Crippen LogP) is 2.39. The maximum Gasteiger partial charge on any atom is 0.250 e. The van der Waals surface area contributed by atoms with Gasteiger partial charge in [-0.25, -0.2) is 0 Å². The number of amides is 1. The van der Waals surface area contributed by atoms with Crippen LogP contribution in [0, 0.1) is 0 Å². The van der Waals surface area contributed by atoms with Crippen molar-refractivity contribution in [3.05, 3.63) is 23.4 Å². The summed E-state index contributed by atoms with van der Waals surface area (Å²) in [5.41, 5.74) is 0. The first kappa shape index (κ1) is 11.7. The number of hydrogen-bond acceptors (Lipinski definition) is 6. The molecule has 1 atom stereocenters. The summed E-state index contributed by atoms with van der Waals surface area (Å²) >= 11 is 3.27. The van der Waals surface area contributed by atoms with E-state index in [1.165, 1.54) is 0 Å². The van der Waals surface area contributed by atoms with Gasteiger partial charge in [0.05, 0.1) is 10.8 Å². The lowest BCUT2D eigenvalue weighted by Crippen LogP contribution is -2.28. The molecule has 0 aromatic carbocycles. The van der Waals surface area contributed by atoms with Crippen LogP contribution in [0.2, 0.25) is 0 Å². The number of carbonyl (C=O) groups excluding carboxylic acids is 1. The van der Waals surface area contributed by atoms with Crippen molar-refractivity contribution in [1.29, 1.82) is 0 Å². The fourth-order valence-electron chi connectivity index (χ4n) is 1.83. The van der Waals surface area contributed by atoms with E-state index in [1.54, 1.807) is 34.9 Å². The summed E-state index contributed by atoms with van der Waals surface area (Å²) in [6.07, 6.45) is 0. The first-order valence-electron chi connectivity index (χ1n) is 5.48. The number of nitrogens with zero attached hydrogens (tertiary/aromatic N) is 3. The molecule has 0 aliphatic carbocycles. The van der Waals surface area contributed by atoms with E-state index >= 15 is 0 Å². The van der Waals surface area contributed by atoms with Crippen LogP contribution in [0.5, 0.6) is 0 Å². The minimum atomic E-state index is -0.0892. The van der Waals surface area contributed by atoms with Crippen molar-refractivity contribution in [1.82, 2.24) is 15.0 Å². The van der Waals surface area contributed by atoms with Crippen molar-refractivity contribution < 1.29 is 9.32 Å². The molecule has 3 heterocycles. The number of hydrogen-bond donors (Lipinski definition) is 0. The Balaban J connectivity index is 1.87. The summed E-state index contributed by atoms with van der Waals surface area (Å²) < 4.78 is 5.29. The van der Waals surface area contributed by atoms with E-state index in [0.29, 0.717) is 17.6 Å². The maximum atomic E-state index is 11.5. The van der Waals surface area contributed by atoms with Crippen molar-refractivity contribution in [3.8, 4) is 10.7 Å². The molecule has 0 N–H and O–H groups in total. The lowest BCUT2D eigenvalue weighted by atomic mass is 10.3. The van der Waals surface area contributed by atoms with Crippen molar-refractivity contribution in [2.75, 3.05) is 11.6 Å². The number of aromatic nitrogens is 2. The van der Waals surface area contributed by atoms with Crippen molar-refractivity contribution in [3.63, 3.8) is 0 Å². The van der Waals surface area contributed by atoms with E-state index in [-0.39, 0.29) is 11.9 Å². The Hall–Kier alpha value is -1.34. The molecular formula is C11H11N3O2S2. The highest BCUT2D eigenvalue weighted by atomic mass is 32.2. The molecule has 1 unspecified atom stereocenters. The molecule has 18 heavy (non-hydrogen) atoms. The van der Waals surface area contributed by atoms with Crippen LogP contribution in [0.15, 0.2) is 22.0 Å². The first-order valence-corrected chi connectivity index (χ1v) is 7.51. The number of carbonyl (C=O) groups is 1. The van der Waals surface area contributed by atoms with E-state index in [0.717, 1.165) is 10.6 Å². The topological polar surface area (TPSA) is 59.2 Å². The normalized spacial score (nSPS) is 19.4. The van der Waals surface area contributed by atoms with Crippen molar-refractivity contribution in [2.24, 2.45) is 0 Å². The standard InChI is InChI=1S/C11H11N3O2S2/c1-7(15)14-6-17-5-8(14)11-12-10(13-16-11)9-3-2-4-18-9/h2-4,8H,5-6H2,1H3. The summed E-state index contributed by atoms with van der Waals surface area (Å²) in [4.78, 5) is 18.6. The van der Waals surface area contributed by atoms with Crippen LogP contribution in [0.1, 0.15) is 18.9 Å². The molecule has 0 spiro atoms. The lowest BCUT2D eigenvalue weighted by Gasteiger charge is -2.18. The van der Waals surface area contributed by atoms with E-state index in [4.69, 9.17) is 4.52 Å². The van der Waals surface area contributed by atoms with Gasteiger partial charge in [0, 0.05) is 12.7 Å². The SMILES string of the molecule is CC(=O)N1CSCC1c1nc(-c2cccs2)no1. The predicted molar refractivity (Wildman–Crippen MR) is 70.2 cm³/mol. The van der Waals surface area contributed by atoms with Gasteiger partial charge in [0.2, 0.25) is 11.7 Å². The van der Waals surface area contributed by atoms with Crippen LogP contribution in [-0.2, 0) is 4.79 Å². The fraction of sp³-hybridized carbons (Fsp3) is 0.364. The zero-order valence-corrected chi connectivity index (χ0v) is 11.3. The minimum absolute atomic E-state index is 0.0425. The quantitative estimate of drug-likeness (QED) is 0.846. The molecule has 1 amide bonds. The van der Waals surface area contributed by atoms with E-state index in [2.05, 4.69) is 10.1 Å². The van der Waals surface area contributed by atoms with Gasteiger partial charge in [0.25, 0.3) is 5.89 Å². The Bertz CT molecular complexity index is 552. The molecule has 1 saturated heterocycles. The Morgan fingerprint density at radius 2 is 2.50 bits per heavy atom. The van der Waals surface area contributed by atoms with Crippen LogP contribution in [-0.4, -0.2) is 32.6 Å². The summed E-state index contributed by atoms with van der Waals surface area (Å²) in [7, 11) is 0. The largest absolute Gasteiger partial charge is 0.337 e. The Morgan fingerprint density at radius 3 is 3.22 bits per heavy atom. The number of thiophene rings is 1. The van der Waals surface area contributed by atoms with E-state index in [1.807, 2.05) is 17.5 Å². The molecule has 3 rings (SSSR count). The molecule has 0 saturated carbocycles. The molecule has 94 valence electrons. The van der Waals surface area contributed by atoms with Gasteiger partial charge in [-0.2, -0.15) is 4.98 Å². The average molecular weight is 281 g/mol. The third-order valence-electron chi connectivity index (χ3n) is 2.76. The van der Waals surface area contributed by atoms with Gasteiger partial charge in [-0.15, -0.1) is 23.1 Å². The Kier molecular flexibility index (Phi) is 3.09. The second kappa shape index (κ2) is 4.74. The highest BCUT2D eigenvalue weighted by molar-refractivity contribution is 7.99. The number of rotatable bonds is 2. The Morgan fingerprint density at radius 1 is 1.61 bits per heavy atom. The van der Waals surface area contributed by atoms with Gasteiger partial charge in [-0.05, 0) is 11.4 Å². The highest BCUT2D eigenvalue weighted by Crippen LogP contribution is 2.33. The van der Waals surface area contributed by atoms with Crippen LogP contribution in [0.25, 0.3) is 10.7 Å². The van der Waals surface area contributed by atoms with Gasteiger partial charge >= 0.3 is 0 Å². The van der Waals surface area contributed by atoms with E-state index < -0.39 is 0 Å². The maximum absolute atomic E-state index is 11.5. The zero-order chi connectivity index (χ0) is 12.5. The monoisotopic (exact) mass is 281 g/mol. The van der Waals surface area contributed by atoms with Crippen LogP contribution in [0.4, 0.5) is 0 Å². The van der Waals surface area contributed by atoms with Crippen molar-refractivity contribution >= 4 is 29.0 Å². The summed E-state index contributed by atoms with van der Waals surface area (Å²) in [6, 6.07) is 3.81. The molecule has 2 aromatic rings. The second-order valence-corrected chi connectivity index (χ2v) is 5.89. The van der Waals surface area contributed by atoms with Crippen LogP contribution < -0.4 is 0 Å². The second-order valence-electron chi connectivity index (χ2n) is 3.94. The van der Waals surface area contributed by atoms with Crippen LogP contribution in [0.3, 0.4) is 0 Å². The smallest absolute Gasteiger partial charge is 0.250 e. The van der Waals surface area contributed by atoms with Gasteiger partial charge in [0.1, 0.15) is 6.04 Å². The molecule has 5 nitrogen and oxygen atoms in total. The molecule has 1 aliphatic heterocycles. The summed E-state index contributed by atoms with van der Waals surface area (Å²) in [5.74, 6) is 2.67. The van der Waals surface area contributed by atoms with Crippen LogP contribution >= 0.6 is 23.1 Å². The molecule has 1 aliphatic rings. The highest BCUT2D eigenvalue weighted by Gasteiger charge is 2.33. The van der Waals surface area contributed by atoms with Gasteiger partial charge < -0.3 is 9.42 Å². The molecule has 2 aromatic heterocycles.